The summed E-state index contributed by atoms with van der Waals surface area (Å²) in [7, 11) is 1.76. The minimum absolute atomic E-state index is 0.0520. The SMILES string of the molecule is CCOc1ccc(CNC(=O)c2ccc(-c3nc(CCN(C)C(=O)c4cccc(C)c4)no3)cc2)cc1. The Kier molecular flexibility index (Phi) is 8.30. The first-order valence-electron chi connectivity index (χ1n) is 12.2. The van der Waals surface area contributed by atoms with Crippen LogP contribution in [0.5, 0.6) is 5.75 Å². The summed E-state index contributed by atoms with van der Waals surface area (Å²) in [4.78, 5) is 31.3. The third-order valence-electron chi connectivity index (χ3n) is 5.83. The molecule has 4 aromatic rings. The van der Waals surface area contributed by atoms with E-state index in [0.29, 0.717) is 54.5 Å². The highest BCUT2D eigenvalue weighted by atomic mass is 16.5. The molecule has 0 unspecified atom stereocenters. The maximum Gasteiger partial charge on any atom is 0.257 e. The van der Waals surface area contributed by atoms with E-state index in [9.17, 15) is 9.59 Å². The van der Waals surface area contributed by atoms with Crippen molar-refractivity contribution in [3.8, 4) is 17.2 Å². The molecular formula is C29H30N4O4. The van der Waals surface area contributed by atoms with Gasteiger partial charge in [0.05, 0.1) is 6.61 Å². The van der Waals surface area contributed by atoms with Crippen molar-refractivity contribution in [3.05, 3.63) is 101 Å². The predicted octanol–water partition coefficient (Wildman–Crippen LogP) is 4.69. The molecule has 0 aliphatic carbocycles. The first-order valence-corrected chi connectivity index (χ1v) is 12.2. The van der Waals surface area contributed by atoms with E-state index in [2.05, 4.69) is 15.5 Å². The summed E-state index contributed by atoms with van der Waals surface area (Å²) in [5.41, 5.74) is 3.92. The second-order valence-corrected chi connectivity index (χ2v) is 8.70. The van der Waals surface area contributed by atoms with Gasteiger partial charge < -0.3 is 19.5 Å². The number of benzene rings is 3. The lowest BCUT2D eigenvalue weighted by Gasteiger charge is -2.16. The van der Waals surface area contributed by atoms with Crippen molar-refractivity contribution in [1.82, 2.24) is 20.4 Å². The highest BCUT2D eigenvalue weighted by Gasteiger charge is 2.15. The third kappa shape index (κ3) is 6.82. The van der Waals surface area contributed by atoms with E-state index < -0.39 is 0 Å². The van der Waals surface area contributed by atoms with Crippen LogP contribution in [0.1, 0.15) is 44.6 Å². The number of carbonyl (C=O) groups is 2. The highest BCUT2D eigenvalue weighted by Crippen LogP contribution is 2.19. The van der Waals surface area contributed by atoms with Crippen LogP contribution in [0.15, 0.2) is 77.3 Å². The van der Waals surface area contributed by atoms with Crippen molar-refractivity contribution >= 4 is 11.8 Å². The molecule has 0 spiro atoms. The molecule has 190 valence electrons. The summed E-state index contributed by atoms with van der Waals surface area (Å²) in [6.45, 7) is 5.39. The molecule has 2 amide bonds. The summed E-state index contributed by atoms with van der Waals surface area (Å²) < 4.78 is 10.8. The highest BCUT2D eigenvalue weighted by molar-refractivity contribution is 5.95. The van der Waals surface area contributed by atoms with Gasteiger partial charge in [-0.2, -0.15) is 4.98 Å². The minimum atomic E-state index is -0.173. The number of ether oxygens (including phenoxy) is 1. The molecule has 0 bridgehead atoms. The van der Waals surface area contributed by atoms with Crippen LogP contribution in [0.4, 0.5) is 0 Å². The van der Waals surface area contributed by atoms with Gasteiger partial charge in [-0.25, -0.2) is 0 Å². The van der Waals surface area contributed by atoms with Crippen LogP contribution >= 0.6 is 0 Å². The normalized spacial score (nSPS) is 10.7. The molecule has 37 heavy (non-hydrogen) atoms. The van der Waals surface area contributed by atoms with Gasteiger partial charge in [0.15, 0.2) is 5.82 Å². The number of likely N-dealkylation sites (N-methyl/N-ethyl adjacent to an activating group) is 1. The first kappa shape index (κ1) is 25.6. The average molecular weight is 499 g/mol. The molecule has 0 radical (unpaired) electrons. The fourth-order valence-electron chi connectivity index (χ4n) is 3.76. The maximum atomic E-state index is 12.6. The summed E-state index contributed by atoms with van der Waals surface area (Å²) in [5.74, 6) is 1.46. The van der Waals surface area contributed by atoms with E-state index in [1.165, 1.54) is 0 Å². The summed E-state index contributed by atoms with van der Waals surface area (Å²) >= 11 is 0. The monoisotopic (exact) mass is 498 g/mol. The van der Waals surface area contributed by atoms with Gasteiger partial charge in [-0.15, -0.1) is 0 Å². The van der Waals surface area contributed by atoms with Gasteiger partial charge in [0, 0.05) is 43.2 Å². The quantitative estimate of drug-likeness (QED) is 0.341. The molecule has 4 rings (SSSR count). The van der Waals surface area contributed by atoms with Gasteiger partial charge in [-0.1, -0.05) is 35.0 Å². The minimum Gasteiger partial charge on any atom is -0.494 e. The number of rotatable bonds is 10. The fraction of sp³-hybridized carbons (Fsp3) is 0.241. The van der Waals surface area contributed by atoms with Crippen molar-refractivity contribution in [1.29, 1.82) is 0 Å². The van der Waals surface area contributed by atoms with Crippen molar-refractivity contribution in [2.75, 3.05) is 20.2 Å². The second kappa shape index (κ2) is 12.0. The molecule has 0 saturated heterocycles. The lowest BCUT2D eigenvalue weighted by Crippen LogP contribution is -2.29. The zero-order valence-electron chi connectivity index (χ0n) is 21.2. The van der Waals surface area contributed by atoms with Crippen LogP contribution in [-0.2, 0) is 13.0 Å². The number of nitrogens with zero attached hydrogens (tertiary/aromatic N) is 3. The molecule has 1 heterocycles. The van der Waals surface area contributed by atoms with Crippen LogP contribution in [-0.4, -0.2) is 47.1 Å². The van der Waals surface area contributed by atoms with Gasteiger partial charge in [-0.05, 0) is 67.9 Å². The molecule has 3 aromatic carbocycles. The fourth-order valence-corrected chi connectivity index (χ4v) is 3.76. The van der Waals surface area contributed by atoms with E-state index in [1.807, 2.05) is 62.4 Å². The lowest BCUT2D eigenvalue weighted by molar-refractivity contribution is 0.0795. The molecule has 8 nitrogen and oxygen atoms in total. The number of aryl methyl sites for hydroxylation is 1. The van der Waals surface area contributed by atoms with Crippen molar-refractivity contribution in [2.45, 2.75) is 26.8 Å². The third-order valence-corrected chi connectivity index (χ3v) is 5.83. The van der Waals surface area contributed by atoms with Gasteiger partial charge in [0.1, 0.15) is 5.75 Å². The average Bonchev–Trinajstić information content (AvgIpc) is 3.40. The topological polar surface area (TPSA) is 97.6 Å². The Morgan fingerprint density at radius 3 is 2.46 bits per heavy atom. The van der Waals surface area contributed by atoms with E-state index in [4.69, 9.17) is 9.26 Å². The van der Waals surface area contributed by atoms with Gasteiger partial charge in [-0.3, -0.25) is 9.59 Å². The Hall–Kier alpha value is -4.46. The Morgan fingerprint density at radius 2 is 1.76 bits per heavy atom. The number of aromatic nitrogens is 2. The number of hydrogen-bond acceptors (Lipinski definition) is 6. The van der Waals surface area contributed by atoms with E-state index in [0.717, 1.165) is 16.9 Å². The van der Waals surface area contributed by atoms with Crippen LogP contribution in [0.25, 0.3) is 11.5 Å². The lowest BCUT2D eigenvalue weighted by atomic mass is 10.1. The van der Waals surface area contributed by atoms with Gasteiger partial charge in [0.25, 0.3) is 17.7 Å². The molecule has 1 N–H and O–H groups in total. The van der Waals surface area contributed by atoms with E-state index in [-0.39, 0.29) is 11.8 Å². The Balaban J connectivity index is 1.29. The summed E-state index contributed by atoms with van der Waals surface area (Å²) in [6.07, 6.45) is 0.462. The summed E-state index contributed by atoms with van der Waals surface area (Å²) in [6, 6.07) is 22.1. The van der Waals surface area contributed by atoms with Gasteiger partial charge in [0.2, 0.25) is 0 Å². The molecule has 8 heteroatoms. The van der Waals surface area contributed by atoms with Crippen LogP contribution in [0.3, 0.4) is 0 Å². The molecule has 0 saturated carbocycles. The van der Waals surface area contributed by atoms with E-state index >= 15 is 0 Å². The predicted molar refractivity (Wildman–Crippen MR) is 140 cm³/mol. The van der Waals surface area contributed by atoms with Crippen molar-refractivity contribution < 1.29 is 18.8 Å². The second-order valence-electron chi connectivity index (χ2n) is 8.70. The molecule has 0 fully saturated rings. The standard InChI is InChI=1S/C29H30N4O4/c1-4-36-25-14-8-21(9-15-25)19-30-27(34)22-10-12-23(13-11-22)28-31-26(32-37-28)16-17-33(3)29(35)24-7-5-6-20(2)18-24/h5-15,18H,4,16-17,19H2,1-3H3,(H,30,34). The molecule has 0 aliphatic rings. The van der Waals surface area contributed by atoms with Crippen molar-refractivity contribution in [2.24, 2.45) is 0 Å². The van der Waals surface area contributed by atoms with Crippen LogP contribution < -0.4 is 10.1 Å². The van der Waals surface area contributed by atoms with Crippen LogP contribution in [0.2, 0.25) is 0 Å². The number of carbonyl (C=O) groups excluding carboxylic acids is 2. The number of hydrogen-bond donors (Lipinski definition) is 1. The van der Waals surface area contributed by atoms with Crippen LogP contribution in [0, 0.1) is 6.92 Å². The smallest absolute Gasteiger partial charge is 0.257 e. The number of amides is 2. The Labute approximate surface area is 216 Å². The number of nitrogens with one attached hydrogen (secondary N) is 1. The molecular weight excluding hydrogens is 468 g/mol. The van der Waals surface area contributed by atoms with Crippen molar-refractivity contribution in [3.63, 3.8) is 0 Å². The Morgan fingerprint density at radius 1 is 1.00 bits per heavy atom. The zero-order valence-corrected chi connectivity index (χ0v) is 21.2. The maximum absolute atomic E-state index is 12.6. The van der Waals surface area contributed by atoms with Gasteiger partial charge >= 0.3 is 0 Å². The van der Waals surface area contributed by atoms with E-state index in [1.54, 1.807) is 36.2 Å². The molecule has 1 aromatic heterocycles. The first-order chi connectivity index (χ1) is 17.9. The summed E-state index contributed by atoms with van der Waals surface area (Å²) in [5, 5.41) is 6.95. The zero-order chi connectivity index (χ0) is 26.2. The Bertz CT molecular complexity index is 1350. The molecule has 0 atom stereocenters. The largest absolute Gasteiger partial charge is 0.494 e. The molecule has 0 aliphatic heterocycles.